The smallest absolute Gasteiger partial charge is 0.313 e. The van der Waals surface area contributed by atoms with Crippen molar-refractivity contribution in [1.82, 2.24) is 5.32 Å². The van der Waals surface area contributed by atoms with Crippen LogP contribution in [0.2, 0.25) is 0 Å². The van der Waals surface area contributed by atoms with E-state index >= 15 is 0 Å². The number of carbonyl (C=O) groups is 2. The first-order valence-electron chi connectivity index (χ1n) is 6.68. The minimum Gasteiger partial charge on any atom is -0.466 e. The molecule has 0 atom stereocenters. The second kappa shape index (κ2) is 6.26. The lowest BCUT2D eigenvalue weighted by Crippen LogP contribution is -2.35. The number of hydrogen-bond donors (Lipinski definition) is 2. The summed E-state index contributed by atoms with van der Waals surface area (Å²) in [6, 6.07) is 9.14. The van der Waals surface area contributed by atoms with E-state index in [1.54, 1.807) is 12.1 Å². The molecule has 0 saturated carbocycles. The summed E-state index contributed by atoms with van der Waals surface area (Å²) in [7, 11) is 0. The molecule has 5 nitrogen and oxygen atoms in total. The van der Waals surface area contributed by atoms with Gasteiger partial charge in [-0.25, -0.2) is 0 Å². The first kappa shape index (κ1) is 14.8. The first-order chi connectivity index (χ1) is 9.97. The van der Waals surface area contributed by atoms with Crippen molar-refractivity contribution in [2.75, 3.05) is 5.32 Å². The van der Waals surface area contributed by atoms with Crippen LogP contribution in [0.3, 0.4) is 0 Å². The van der Waals surface area contributed by atoms with Crippen molar-refractivity contribution in [2.45, 2.75) is 27.3 Å². The summed E-state index contributed by atoms with van der Waals surface area (Å²) in [5.41, 5.74) is 2.40. The Morgan fingerprint density at radius 2 is 1.81 bits per heavy atom. The summed E-state index contributed by atoms with van der Waals surface area (Å²) in [6.45, 7) is 5.79. The number of amides is 2. The Hall–Kier alpha value is -2.56. The van der Waals surface area contributed by atoms with Crippen molar-refractivity contribution in [3.63, 3.8) is 0 Å². The normalized spacial score (nSPS) is 10.2. The fourth-order valence-corrected chi connectivity index (χ4v) is 2.01. The molecule has 0 fully saturated rings. The Morgan fingerprint density at radius 3 is 2.43 bits per heavy atom. The van der Waals surface area contributed by atoms with Gasteiger partial charge in [-0.2, -0.15) is 0 Å². The molecule has 2 N–H and O–H groups in total. The number of nitrogens with one attached hydrogen (secondary N) is 2. The van der Waals surface area contributed by atoms with Crippen LogP contribution in [0.25, 0.3) is 0 Å². The number of aryl methyl sites for hydroxylation is 3. The number of carbonyl (C=O) groups excluding carboxylic acids is 2. The summed E-state index contributed by atoms with van der Waals surface area (Å²) >= 11 is 0. The quantitative estimate of drug-likeness (QED) is 0.851. The Balaban J connectivity index is 1.93. The fraction of sp³-hybridized carbons (Fsp3) is 0.250. The summed E-state index contributed by atoms with van der Waals surface area (Å²) in [6.07, 6.45) is 0. The van der Waals surface area contributed by atoms with Crippen LogP contribution >= 0.6 is 0 Å². The lowest BCUT2D eigenvalue weighted by molar-refractivity contribution is -0.136. The molecule has 5 heteroatoms. The minimum absolute atomic E-state index is 0.267. The van der Waals surface area contributed by atoms with E-state index in [1.165, 1.54) is 0 Å². The second-order valence-electron chi connectivity index (χ2n) is 4.89. The molecule has 0 aliphatic rings. The summed E-state index contributed by atoms with van der Waals surface area (Å²) in [5.74, 6) is 0.173. The van der Waals surface area contributed by atoms with Crippen LogP contribution in [-0.4, -0.2) is 11.8 Å². The third-order valence-corrected chi connectivity index (χ3v) is 3.18. The van der Waals surface area contributed by atoms with Crippen LogP contribution in [0.1, 0.15) is 22.6 Å². The molecule has 0 aliphatic carbocycles. The summed E-state index contributed by atoms with van der Waals surface area (Å²) in [4.78, 5) is 23.6. The number of anilines is 1. The molecular weight excluding hydrogens is 268 g/mol. The maximum Gasteiger partial charge on any atom is 0.313 e. The van der Waals surface area contributed by atoms with Gasteiger partial charge >= 0.3 is 11.8 Å². The zero-order chi connectivity index (χ0) is 15.4. The predicted molar refractivity (Wildman–Crippen MR) is 79.8 cm³/mol. The highest BCUT2D eigenvalue weighted by Crippen LogP contribution is 2.14. The number of furan rings is 1. The van der Waals surface area contributed by atoms with E-state index in [-0.39, 0.29) is 6.54 Å². The molecule has 0 spiro atoms. The third kappa shape index (κ3) is 3.72. The van der Waals surface area contributed by atoms with Gasteiger partial charge in [-0.05, 0) is 38.5 Å². The molecule has 2 amide bonds. The van der Waals surface area contributed by atoms with Crippen molar-refractivity contribution < 1.29 is 14.0 Å². The van der Waals surface area contributed by atoms with Crippen LogP contribution in [0.15, 0.2) is 34.7 Å². The maximum absolute atomic E-state index is 11.8. The highest BCUT2D eigenvalue weighted by atomic mass is 16.3. The van der Waals surface area contributed by atoms with E-state index in [4.69, 9.17) is 4.42 Å². The summed E-state index contributed by atoms with van der Waals surface area (Å²) in [5, 5.41) is 5.17. The van der Waals surface area contributed by atoms with E-state index in [0.717, 1.165) is 22.6 Å². The van der Waals surface area contributed by atoms with Gasteiger partial charge in [0.1, 0.15) is 11.5 Å². The zero-order valence-electron chi connectivity index (χ0n) is 12.3. The molecule has 2 rings (SSSR count). The molecule has 1 aromatic carbocycles. The van der Waals surface area contributed by atoms with Crippen molar-refractivity contribution in [2.24, 2.45) is 0 Å². The highest BCUT2D eigenvalue weighted by molar-refractivity contribution is 6.39. The lowest BCUT2D eigenvalue weighted by Gasteiger charge is -2.08. The number of hydrogen-bond acceptors (Lipinski definition) is 3. The van der Waals surface area contributed by atoms with E-state index < -0.39 is 11.8 Å². The predicted octanol–water partition coefficient (Wildman–Crippen LogP) is 2.46. The topological polar surface area (TPSA) is 71.3 Å². The number of rotatable bonds is 3. The molecule has 0 aliphatic heterocycles. The van der Waals surface area contributed by atoms with Gasteiger partial charge in [-0.15, -0.1) is 0 Å². The Labute approximate surface area is 123 Å². The van der Waals surface area contributed by atoms with Crippen LogP contribution in [0.4, 0.5) is 5.69 Å². The van der Waals surface area contributed by atoms with Crippen molar-refractivity contribution in [1.29, 1.82) is 0 Å². The lowest BCUT2D eigenvalue weighted by atomic mass is 10.2. The van der Waals surface area contributed by atoms with Crippen LogP contribution in [0, 0.1) is 20.8 Å². The molecule has 1 aromatic heterocycles. The molecule has 0 unspecified atom stereocenters. The van der Waals surface area contributed by atoms with Crippen molar-refractivity contribution >= 4 is 17.5 Å². The number of para-hydroxylation sites is 1. The maximum atomic E-state index is 11.8. The molecular formula is C16H18N2O3. The monoisotopic (exact) mass is 286 g/mol. The van der Waals surface area contributed by atoms with Gasteiger partial charge in [-0.1, -0.05) is 18.2 Å². The standard InChI is InChI=1S/C16H18N2O3/c1-10-6-4-5-7-14(10)18-16(20)15(19)17-9-13-8-11(2)21-12(13)3/h4-8H,9H2,1-3H3,(H,17,19)(H,18,20). The molecule has 0 bridgehead atoms. The molecule has 110 valence electrons. The average molecular weight is 286 g/mol. The van der Waals surface area contributed by atoms with Gasteiger partial charge in [0.15, 0.2) is 0 Å². The molecule has 0 saturated heterocycles. The van der Waals surface area contributed by atoms with Crippen molar-refractivity contribution in [3.05, 3.63) is 53.0 Å². The van der Waals surface area contributed by atoms with Gasteiger partial charge in [0.2, 0.25) is 0 Å². The SMILES string of the molecule is Cc1cc(CNC(=O)C(=O)Nc2ccccc2C)c(C)o1. The largest absolute Gasteiger partial charge is 0.466 e. The Bertz CT molecular complexity index is 674. The molecule has 0 radical (unpaired) electrons. The van der Waals surface area contributed by atoms with E-state index in [1.807, 2.05) is 39.0 Å². The van der Waals surface area contributed by atoms with E-state index in [9.17, 15) is 9.59 Å². The Morgan fingerprint density at radius 1 is 1.10 bits per heavy atom. The van der Waals surface area contributed by atoms with Gasteiger partial charge in [-0.3, -0.25) is 9.59 Å². The van der Waals surface area contributed by atoms with E-state index in [0.29, 0.717) is 5.69 Å². The highest BCUT2D eigenvalue weighted by Gasteiger charge is 2.15. The van der Waals surface area contributed by atoms with Gasteiger partial charge in [0.05, 0.1) is 0 Å². The average Bonchev–Trinajstić information content (AvgIpc) is 2.76. The van der Waals surface area contributed by atoms with E-state index in [2.05, 4.69) is 10.6 Å². The zero-order valence-corrected chi connectivity index (χ0v) is 12.3. The second-order valence-corrected chi connectivity index (χ2v) is 4.89. The number of benzene rings is 1. The molecule has 2 aromatic rings. The first-order valence-corrected chi connectivity index (χ1v) is 6.68. The van der Waals surface area contributed by atoms with Gasteiger partial charge in [0.25, 0.3) is 0 Å². The van der Waals surface area contributed by atoms with Crippen LogP contribution in [0.5, 0.6) is 0 Å². The Kier molecular flexibility index (Phi) is 4.42. The van der Waals surface area contributed by atoms with Crippen LogP contribution in [-0.2, 0) is 16.1 Å². The minimum atomic E-state index is -0.679. The van der Waals surface area contributed by atoms with Crippen molar-refractivity contribution in [3.8, 4) is 0 Å². The fourth-order valence-electron chi connectivity index (χ4n) is 2.01. The van der Waals surface area contributed by atoms with Gasteiger partial charge in [0, 0.05) is 17.8 Å². The van der Waals surface area contributed by atoms with Crippen LogP contribution < -0.4 is 10.6 Å². The molecule has 21 heavy (non-hydrogen) atoms. The van der Waals surface area contributed by atoms with Gasteiger partial charge < -0.3 is 15.1 Å². The molecule has 1 heterocycles. The third-order valence-electron chi connectivity index (χ3n) is 3.18. The summed E-state index contributed by atoms with van der Waals surface area (Å²) < 4.78 is 5.37.